The molecule has 0 spiro atoms. The highest BCUT2D eigenvalue weighted by Gasteiger charge is 2.34. The Bertz CT molecular complexity index is 1510. The van der Waals surface area contributed by atoms with Gasteiger partial charge in [-0.15, -0.1) is 5.10 Å². The van der Waals surface area contributed by atoms with Gasteiger partial charge in [-0.3, -0.25) is 9.59 Å². The number of piperazine rings is 1. The van der Waals surface area contributed by atoms with Crippen LogP contribution in [0.2, 0.25) is 0 Å². The second-order valence-corrected chi connectivity index (χ2v) is 8.25. The number of carbonyl (C=O) groups is 2. The van der Waals surface area contributed by atoms with Crippen LogP contribution in [0, 0.1) is 17.3 Å². The summed E-state index contributed by atoms with van der Waals surface area (Å²) in [4.78, 5) is 40.7. The summed E-state index contributed by atoms with van der Waals surface area (Å²) < 4.78 is 16.1. The normalized spacial score (nSPS) is 16.2. The van der Waals surface area contributed by atoms with Crippen molar-refractivity contribution in [3.8, 4) is 12.0 Å². The summed E-state index contributed by atoms with van der Waals surface area (Å²) in [6, 6.07) is 8.94. The Morgan fingerprint density at radius 3 is 2.75 bits per heavy atom. The van der Waals surface area contributed by atoms with E-state index in [1.807, 2.05) is 48.3 Å². The van der Waals surface area contributed by atoms with E-state index in [1.54, 1.807) is 0 Å². The maximum atomic E-state index is 14.8. The first-order valence-electron chi connectivity index (χ1n) is 11.1. The third-order valence-corrected chi connectivity index (χ3v) is 6.10. The van der Waals surface area contributed by atoms with Crippen molar-refractivity contribution in [2.45, 2.75) is 13.0 Å². The van der Waals surface area contributed by atoms with Gasteiger partial charge in [-0.1, -0.05) is 35.5 Å². The molecule has 0 bridgehead atoms. The zero-order valence-electron chi connectivity index (χ0n) is 19.2. The molecule has 1 saturated heterocycles. The zero-order chi connectivity index (χ0) is 25.2. The quantitative estimate of drug-likeness (QED) is 0.153. The number of carbonyl (C=O) groups excluding carboxylic acids is 2. The molecule has 5 rings (SSSR count). The number of Topliss-reactive ketones (excluding diaryl/α,β-unsaturated/α-hetero) is 1. The maximum absolute atomic E-state index is 14.8. The lowest BCUT2D eigenvalue weighted by atomic mass is 10.1. The fourth-order valence-corrected chi connectivity index (χ4v) is 4.42. The second-order valence-electron chi connectivity index (χ2n) is 8.25. The van der Waals surface area contributed by atoms with Crippen molar-refractivity contribution < 1.29 is 14.0 Å². The summed E-state index contributed by atoms with van der Waals surface area (Å²) in [5.41, 5.74) is 0.935. The fraction of sp³-hybridized carbons (Fsp3) is 0.208. The minimum absolute atomic E-state index is 0.0346. The smallest absolute Gasteiger partial charge is 0.295 e. The molecule has 36 heavy (non-hydrogen) atoms. The Balaban J connectivity index is 1.39. The molecule has 1 aliphatic heterocycles. The Hall–Kier alpha value is -4.92. The Morgan fingerprint density at radius 2 is 2.06 bits per heavy atom. The van der Waals surface area contributed by atoms with E-state index in [-0.39, 0.29) is 34.9 Å². The first-order valence-corrected chi connectivity index (χ1v) is 11.1. The van der Waals surface area contributed by atoms with E-state index in [9.17, 15) is 19.2 Å². The van der Waals surface area contributed by atoms with Gasteiger partial charge in [0.1, 0.15) is 5.84 Å². The summed E-state index contributed by atoms with van der Waals surface area (Å²) >= 11 is 0. The van der Waals surface area contributed by atoms with Gasteiger partial charge < -0.3 is 14.8 Å². The van der Waals surface area contributed by atoms with Gasteiger partial charge in [-0.25, -0.2) is 14.1 Å². The van der Waals surface area contributed by atoms with Crippen molar-refractivity contribution in [3.05, 3.63) is 72.1 Å². The summed E-state index contributed by atoms with van der Waals surface area (Å²) in [6.07, 6.45) is 7.12. The fourth-order valence-electron chi connectivity index (χ4n) is 4.42. The third kappa shape index (κ3) is 3.96. The first-order chi connectivity index (χ1) is 17.5. The van der Waals surface area contributed by atoms with Crippen LogP contribution in [-0.4, -0.2) is 78.0 Å². The molecule has 180 valence electrons. The van der Waals surface area contributed by atoms with E-state index < -0.39 is 17.5 Å². The molecule has 0 saturated carbocycles. The van der Waals surface area contributed by atoms with Gasteiger partial charge in [0.05, 0.1) is 35.1 Å². The number of rotatable bonds is 4. The van der Waals surface area contributed by atoms with Crippen molar-refractivity contribution in [1.29, 1.82) is 5.26 Å². The number of aliphatic imine (C=N–C) groups is 1. The molecule has 4 aromatic rings. The second kappa shape index (κ2) is 9.38. The van der Waals surface area contributed by atoms with Gasteiger partial charge >= 0.3 is 0 Å². The van der Waals surface area contributed by atoms with Crippen molar-refractivity contribution >= 4 is 28.4 Å². The number of fused-ring (bicyclic) bond motifs is 1. The van der Waals surface area contributed by atoms with Crippen molar-refractivity contribution in [2.75, 3.05) is 19.6 Å². The standard InChI is InChI=1S/C24H20FN9O2/c1-15-13-32(22(29-14-26)16-5-3-2-4-6-16)9-10-33(15)24(36)21(35)17-11-27-20-19(17)18(25)12-28-23(20)34-8-7-30-31-34/h2-8,11-12,15,27H,9-10,13H2,1H3/t15-/m0/s1. The van der Waals surface area contributed by atoms with Crippen LogP contribution < -0.4 is 0 Å². The Labute approximate surface area is 204 Å². The van der Waals surface area contributed by atoms with Crippen LogP contribution in [0.3, 0.4) is 0 Å². The largest absolute Gasteiger partial charge is 0.357 e. The first kappa shape index (κ1) is 22.9. The SMILES string of the molecule is C[C@H]1CN(C(=NC#N)c2ccccc2)CCN1C(=O)C(=O)c1c[nH]c2c(-n3ccnn3)ncc(F)c12. The van der Waals surface area contributed by atoms with Crippen molar-refractivity contribution in [3.63, 3.8) is 0 Å². The Kier molecular flexibility index (Phi) is 5.95. The highest BCUT2D eigenvalue weighted by atomic mass is 19.1. The van der Waals surface area contributed by atoms with Crippen LogP contribution in [0.5, 0.6) is 0 Å². The molecular weight excluding hydrogens is 465 g/mol. The number of amidine groups is 1. The lowest BCUT2D eigenvalue weighted by Gasteiger charge is -2.40. The lowest BCUT2D eigenvalue weighted by Crippen LogP contribution is -2.57. The highest BCUT2D eigenvalue weighted by Crippen LogP contribution is 2.26. The molecular formula is C24H20FN9O2. The number of nitriles is 1. The molecule has 12 heteroatoms. The summed E-state index contributed by atoms with van der Waals surface area (Å²) in [5, 5.41) is 16.7. The zero-order valence-corrected chi connectivity index (χ0v) is 19.2. The van der Waals surface area contributed by atoms with Gasteiger partial charge in [-0.05, 0) is 6.92 Å². The van der Waals surface area contributed by atoms with E-state index in [0.717, 1.165) is 11.8 Å². The van der Waals surface area contributed by atoms with Gasteiger partial charge in [0.15, 0.2) is 11.6 Å². The van der Waals surface area contributed by atoms with Crippen LogP contribution >= 0.6 is 0 Å². The molecule has 1 aliphatic rings. The van der Waals surface area contributed by atoms with Gasteiger partial charge in [0.25, 0.3) is 11.7 Å². The topological polar surface area (TPSA) is 136 Å². The average molecular weight is 485 g/mol. The van der Waals surface area contributed by atoms with Crippen LogP contribution in [-0.2, 0) is 4.79 Å². The molecule has 0 unspecified atom stereocenters. The van der Waals surface area contributed by atoms with Crippen molar-refractivity contribution in [1.82, 2.24) is 34.8 Å². The van der Waals surface area contributed by atoms with Crippen LogP contribution in [0.1, 0.15) is 22.8 Å². The van der Waals surface area contributed by atoms with Crippen LogP contribution in [0.15, 0.2) is 60.1 Å². The monoisotopic (exact) mass is 485 g/mol. The van der Waals surface area contributed by atoms with Gasteiger partial charge in [-0.2, -0.15) is 10.3 Å². The number of nitrogens with zero attached hydrogens (tertiary/aromatic N) is 8. The number of halogens is 1. The molecule has 1 N–H and O–H groups in total. The molecule has 0 aliphatic carbocycles. The average Bonchev–Trinajstić information content (AvgIpc) is 3.58. The number of nitrogens with one attached hydrogen (secondary N) is 1. The molecule has 1 amide bonds. The molecule has 0 radical (unpaired) electrons. The highest BCUT2D eigenvalue weighted by molar-refractivity contribution is 6.45. The van der Waals surface area contributed by atoms with E-state index in [4.69, 9.17) is 0 Å². The van der Waals surface area contributed by atoms with E-state index in [0.29, 0.717) is 18.9 Å². The van der Waals surface area contributed by atoms with E-state index in [2.05, 4.69) is 25.3 Å². The molecule has 1 atom stereocenters. The third-order valence-electron chi connectivity index (χ3n) is 6.10. The van der Waals surface area contributed by atoms with Gasteiger partial charge in [0.2, 0.25) is 6.19 Å². The number of aromatic nitrogens is 5. The minimum atomic E-state index is -0.829. The number of benzene rings is 1. The van der Waals surface area contributed by atoms with E-state index >= 15 is 0 Å². The van der Waals surface area contributed by atoms with Crippen molar-refractivity contribution in [2.24, 2.45) is 4.99 Å². The van der Waals surface area contributed by atoms with Crippen LogP contribution in [0.25, 0.3) is 16.7 Å². The van der Waals surface area contributed by atoms with E-state index in [1.165, 1.54) is 28.2 Å². The summed E-state index contributed by atoms with van der Waals surface area (Å²) in [6.45, 7) is 2.80. The molecule has 1 aromatic carbocycles. The number of aromatic amines is 1. The minimum Gasteiger partial charge on any atom is -0.357 e. The number of hydrogen-bond acceptors (Lipinski definition) is 7. The number of pyridine rings is 1. The number of amides is 1. The number of ketones is 1. The molecule has 1 fully saturated rings. The van der Waals surface area contributed by atoms with Gasteiger partial charge in [0, 0.05) is 37.4 Å². The molecule has 11 nitrogen and oxygen atoms in total. The number of hydrogen-bond donors (Lipinski definition) is 1. The predicted molar refractivity (Wildman–Crippen MR) is 127 cm³/mol. The maximum Gasteiger partial charge on any atom is 0.295 e. The Morgan fingerprint density at radius 1 is 1.25 bits per heavy atom. The molecule has 4 heterocycles. The number of H-pyrrole nitrogens is 1. The summed E-state index contributed by atoms with van der Waals surface area (Å²) in [5.74, 6) is -1.53. The molecule has 3 aromatic heterocycles. The van der Waals surface area contributed by atoms with Crippen LogP contribution in [0.4, 0.5) is 4.39 Å². The predicted octanol–water partition coefficient (Wildman–Crippen LogP) is 1.93. The summed E-state index contributed by atoms with van der Waals surface area (Å²) in [7, 11) is 0. The lowest BCUT2D eigenvalue weighted by molar-refractivity contribution is -0.130.